The molecule has 6 nitrogen and oxygen atoms in total. The lowest BCUT2D eigenvalue weighted by Gasteiger charge is -2.14. The normalized spacial score (nSPS) is 12.6. The highest BCUT2D eigenvalue weighted by Crippen LogP contribution is 2.36. The highest BCUT2D eigenvalue weighted by atomic mass is 35.5. The Bertz CT molecular complexity index is 1350. The monoisotopic (exact) mass is 467 g/mol. The van der Waals surface area contributed by atoms with E-state index in [0.717, 1.165) is 5.56 Å². The number of benzene rings is 3. The van der Waals surface area contributed by atoms with Crippen molar-refractivity contribution < 1.29 is 13.2 Å². The number of carbonyl (C=O) groups excluding carboxylic acids is 1. The molecular weight excluding hydrogens is 446 g/mol. The van der Waals surface area contributed by atoms with E-state index in [1.807, 2.05) is 37.3 Å². The first kappa shape index (κ1) is 22.1. The molecule has 0 aliphatic heterocycles. The minimum absolute atomic E-state index is 0.00865. The molecule has 0 saturated heterocycles. The summed E-state index contributed by atoms with van der Waals surface area (Å²) >= 11 is 6.14. The second kappa shape index (κ2) is 9.16. The molecule has 164 valence electrons. The zero-order valence-electron chi connectivity index (χ0n) is 17.3. The van der Waals surface area contributed by atoms with E-state index in [1.54, 1.807) is 36.4 Å². The highest BCUT2D eigenvalue weighted by Gasteiger charge is 2.27. The van der Waals surface area contributed by atoms with Crippen LogP contribution in [-0.4, -0.2) is 25.9 Å². The van der Waals surface area contributed by atoms with Gasteiger partial charge in [0.15, 0.2) is 0 Å². The predicted octanol–water partition coefficient (Wildman–Crippen LogP) is 4.94. The maximum atomic E-state index is 13.4. The minimum Gasteiger partial charge on any atom is -0.340 e. The fourth-order valence-corrected chi connectivity index (χ4v) is 5.27. The smallest absolute Gasteiger partial charge is 0.239 e. The first-order valence-corrected chi connectivity index (χ1v) is 11.9. The molecule has 0 aliphatic carbocycles. The predicted molar refractivity (Wildman–Crippen MR) is 127 cm³/mol. The van der Waals surface area contributed by atoms with Crippen LogP contribution in [0.15, 0.2) is 88.7 Å². The summed E-state index contributed by atoms with van der Waals surface area (Å²) in [6.07, 6.45) is 0. The lowest BCUT2D eigenvalue weighted by Crippen LogP contribution is -2.30. The van der Waals surface area contributed by atoms with Gasteiger partial charge < -0.3 is 15.6 Å². The largest absolute Gasteiger partial charge is 0.340 e. The second-order valence-electron chi connectivity index (χ2n) is 7.40. The zero-order valence-corrected chi connectivity index (χ0v) is 18.9. The Labute approximate surface area is 191 Å². The van der Waals surface area contributed by atoms with E-state index in [9.17, 15) is 13.2 Å². The molecule has 0 spiro atoms. The number of anilines is 1. The number of amides is 1. The van der Waals surface area contributed by atoms with Crippen molar-refractivity contribution in [3.8, 4) is 0 Å². The first-order valence-electron chi connectivity index (χ1n) is 10.1. The lowest BCUT2D eigenvalue weighted by atomic mass is 10.1. The number of fused-ring (bicyclic) bond motifs is 1. The number of H-pyrrole nitrogens is 1. The molecule has 0 fully saturated rings. The zero-order chi connectivity index (χ0) is 22.7. The van der Waals surface area contributed by atoms with E-state index in [1.165, 1.54) is 12.1 Å². The Morgan fingerprint density at radius 1 is 1.00 bits per heavy atom. The van der Waals surface area contributed by atoms with Crippen molar-refractivity contribution >= 4 is 44.1 Å². The molecule has 0 radical (unpaired) electrons. The summed E-state index contributed by atoms with van der Waals surface area (Å²) in [5.74, 6) is -0.250. The van der Waals surface area contributed by atoms with Crippen LogP contribution >= 0.6 is 11.6 Å². The molecule has 32 heavy (non-hydrogen) atoms. The molecular formula is C24H22ClN3O3S. The number of rotatable bonds is 7. The van der Waals surface area contributed by atoms with Gasteiger partial charge in [-0.25, -0.2) is 8.42 Å². The van der Waals surface area contributed by atoms with Crippen molar-refractivity contribution in [1.82, 2.24) is 10.3 Å². The average Bonchev–Trinajstić information content (AvgIpc) is 3.16. The van der Waals surface area contributed by atoms with Crippen molar-refractivity contribution in [2.75, 3.05) is 11.9 Å². The van der Waals surface area contributed by atoms with Crippen LogP contribution in [0.1, 0.15) is 18.5 Å². The molecule has 4 aromatic rings. The Balaban J connectivity index is 1.64. The lowest BCUT2D eigenvalue weighted by molar-refractivity contribution is -0.115. The van der Waals surface area contributed by atoms with Crippen molar-refractivity contribution in [3.63, 3.8) is 0 Å². The number of aromatic nitrogens is 1. The van der Waals surface area contributed by atoms with Crippen molar-refractivity contribution in [3.05, 3.63) is 89.4 Å². The van der Waals surface area contributed by atoms with Gasteiger partial charge in [-0.3, -0.25) is 4.79 Å². The number of hydrogen-bond donors (Lipinski definition) is 3. The SMILES string of the molecule is CC(NCC(=O)Nc1[nH]c2ccc(Cl)cc2c1S(=O)(=O)c1ccccc1)c1ccccc1. The van der Waals surface area contributed by atoms with E-state index < -0.39 is 9.84 Å². The molecule has 1 unspecified atom stereocenters. The maximum Gasteiger partial charge on any atom is 0.239 e. The molecule has 3 aromatic carbocycles. The third-order valence-corrected chi connectivity index (χ3v) is 7.26. The van der Waals surface area contributed by atoms with Crippen molar-refractivity contribution in [2.24, 2.45) is 0 Å². The minimum atomic E-state index is -3.91. The second-order valence-corrected chi connectivity index (χ2v) is 9.72. The number of nitrogens with one attached hydrogen (secondary N) is 3. The summed E-state index contributed by atoms with van der Waals surface area (Å²) in [6, 6.07) is 22.7. The Kier molecular flexibility index (Phi) is 6.32. The molecule has 4 rings (SSSR count). The Hall–Kier alpha value is -3.13. The number of hydrogen-bond acceptors (Lipinski definition) is 4. The van der Waals surface area contributed by atoms with Crippen LogP contribution in [-0.2, 0) is 14.6 Å². The molecule has 8 heteroatoms. The molecule has 1 heterocycles. The van der Waals surface area contributed by atoms with Gasteiger partial charge >= 0.3 is 0 Å². The molecule has 3 N–H and O–H groups in total. The molecule has 1 amide bonds. The van der Waals surface area contributed by atoms with Gasteiger partial charge in [-0.15, -0.1) is 0 Å². The van der Waals surface area contributed by atoms with E-state index in [4.69, 9.17) is 11.6 Å². The van der Waals surface area contributed by atoms with E-state index in [0.29, 0.717) is 15.9 Å². The number of aromatic amines is 1. The van der Waals surface area contributed by atoms with Crippen LogP contribution in [0.25, 0.3) is 10.9 Å². The summed E-state index contributed by atoms with van der Waals surface area (Å²) in [4.78, 5) is 15.8. The molecule has 1 aromatic heterocycles. The van der Waals surface area contributed by atoms with Gasteiger partial charge in [-0.1, -0.05) is 60.1 Å². The van der Waals surface area contributed by atoms with Crippen LogP contribution in [0, 0.1) is 0 Å². The number of halogens is 1. The average molecular weight is 468 g/mol. The molecule has 0 bridgehead atoms. The fraction of sp³-hybridized carbons (Fsp3) is 0.125. The van der Waals surface area contributed by atoms with Gasteiger partial charge in [0.2, 0.25) is 15.7 Å². The van der Waals surface area contributed by atoms with Crippen LogP contribution in [0.2, 0.25) is 5.02 Å². The first-order chi connectivity index (χ1) is 15.4. The van der Waals surface area contributed by atoms with Crippen molar-refractivity contribution in [1.29, 1.82) is 0 Å². The van der Waals surface area contributed by atoms with Gasteiger partial charge in [0, 0.05) is 22.0 Å². The summed E-state index contributed by atoms with van der Waals surface area (Å²) in [7, 11) is -3.91. The number of sulfone groups is 1. The van der Waals surface area contributed by atoms with Gasteiger partial charge in [0.1, 0.15) is 10.7 Å². The van der Waals surface area contributed by atoms with E-state index in [2.05, 4.69) is 15.6 Å². The van der Waals surface area contributed by atoms with Crippen LogP contribution < -0.4 is 10.6 Å². The summed E-state index contributed by atoms with van der Waals surface area (Å²) < 4.78 is 26.9. The standard InChI is InChI=1S/C24H22ClN3O3S/c1-16(17-8-4-2-5-9-17)26-15-22(29)28-24-23(20-14-18(25)12-13-21(20)27-24)32(30,31)19-10-6-3-7-11-19/h2-14,16,26-27H,15H2,1H3,(H,28,29). The maximum absolute atomic E-state index is 13.4. The van der Waals surface area contributed by atoms with Gasteiger partial charge in [0.05, 0.1) is 11.4 Å². The molecule has 0 aliphatic rings. The van der Waals surface area contributed by atoms with Crippen LogP contribution in [0.4, 0.5) is 5.82 Å². The van der Waals surface area contributed by atoms with Gasteiger partial charge in [0.25, 0.3) is 0 Å². The Morgan fingerprint density at radius 2 is 1.66 bits per heavy atom. The summed E-state index contributed by atoms with van der Waals surface area (Å²) in [5.41, 5.74) is 1.61. The van der Waals surface area contributed by atoms with Crippen molar-refractivity contribution in [2.45, 2.75) is 22.8 Å². The highest BCUT2D eigenvalue weighted by molar-refractivity contribution is 7.92. The van der Waals surface area contributed by atoms with Crippen LogP contribution in [0.3, 0.4) is 0 Å². The Morgan fingerprint density at radius 3 is 2.34 bits per heavy atom. The van der Waals surface area contributed by atoms with Gasteiger partial charge in [-0.05, 0) is 42.8 Å². The quantitative estimate of drug-likeness (QED) is 0.359. The van der Waals surface area contributed by atoms with Gasteiger partial charge in [-0.2, -0.15) is 0 Å². The summed E-state index contributed by atoms with van der Waals surface area (Å²) in [6.45, 7) is 1.97. The van der Waals surface area contributed by atoms with E-state index in [-0.39, 0.29) is 34.1 Å². The topological polar surface area (TPSA) is 91.1 Å². The molecule has 0 saturated carbocycles. The third-order valence-electron chi connectivity index (χ3n) is 5.17. The fourth-order valence-electron chi connectivity index (χ4n) is 3.51. The van der Waals surface area contributed by atoms with E-state index >= 15 is 0 Å². The number of carbonyl (C=O) groups is 1. The van der Waals surface area contributed by atoms with Crippen LogP contribution in [0.5, 0.6) is 0 Å². The third kappa shape index (κ3) is 4.55. The summed E-state index contributed by atoms with van der Waals surface area (Å²) in [5, 5.41) is 6.70. The molecule has 1 atom stereocenters.